The lowest BCUT2D eigenvalue weighted by Gasteiger charge is -2.06. The van der Waals surface area contributed by atoms with Gasteiger partial charge in [0.25, 0.3) is 5.56 Å². The lowest BCUT2D eigenvalue weighted by Crippen LogP contribution is -2.33. The standard InChI is InChI=1S/C14H12N4O2S/c15-10-5-3-9(4-6-10)8-18-14(20)16-13(19)12(17-18)11-2-1-7-21-11/h1-7H,8,15H2,(H,16,19,20). The Kier molecular flexibility index (Phi) is 3.41. The van der Waals surface area contributed by atoms with E-state index < -0.39 is 11.2 Å². The highest BCUT2D eigenvalue weighted by molar-refractivity contribution is 7.13. The van der Waals surface area contributed by atoms with E-state index in [9.17, 15) is 9.59 Å². The van der Waals surface area contributed by atoms with E-state index in [4.69, 9.17) is 5.73 Å². The smallest absolute Gasteiger partial charge is 0.345 e. The molecule has 0 saturated heterocycles. The first-order valence-electron chi connectivity index (χ1n) is 6.23. The highest BCUT2D eigenvalue weighted by Gasteiger charge is 2.10. The molecule has 7 heteroatoms. The van der Waals surface area contributed by atoms with Gasteiger partial charge in [0.15, 0.2) is 5.69 Å². The van der Waals surface area contributed by atoms with Crippen molar-refractivity contribution in [1.29, 1.82) is 0 Å². The minimum absolute atomic E-state index is 0.250. The zero-order valence-electron chi connectivity index (χ0n) is 10.9. The van der Waals surface area contributed by atoms with Gasteiger partial charge < -0.3 is 5.73 Å². The molecule has 0 aliphatic rings. The first kappa shape index (κ1) is 13.3. The van der Waals surface area contributed by atoms with E-state index in [0.29, 0.717) is 5.69 Å². The summed E-state index contributed by atoms with van der Waals surface area (Å²) in [7, 11) is 0. The molecule has 3 aromatic rings. The largest absolute Gasteiger partial charge is 0.399 e. The third-order valence-corrected chi connectivity index (χ3v) is 3.83. The average molecular weight is 300 g/mol. The molecule has 106 valence electrons. The Morgan fingerprint density at radius 2 is 1.95 bits per heavy atom. The van der Waals surface area contributed by atoms with Crippen LogP contribution in [-0.2, 0) is 6.54 Å². The van der Waals surface area contributed by atoms with Gasteiger partial charge in [-0.1, -0.05) is 18.2 Å². The zero-order valence-corrected chi connectivity index (χ0v) is 11.8. The average Bonchev–Trinajstić information content (AvgIpc) is 2.98. The number of aromatic nitrogens is 3. The van der Waals surface area contributed by atoms with Gasteiger partial charge >= 0.3 is 5.69 Å². The number of nitrogen functional groups attached to an aromatic ring is 1. The topological polar surface area (TPSA) is 93.8 Å². The number of benzene rings is 1. The molecule has 0 unspecified atom stereocenters. The lowest BCUT2D eigenvalue weighted by molar-refractivity contribution is 0.612. The number of nitrogens with zero attached hydrogens (tertiary/aromatic N) is 2. The van der Waals surface area contributed by atoms with Crippen molar-refractivity contribution in [3.8, 4) is 10.6 Å². The molecule has 0 spiro atoms. The molecule has 0 aliphatic heterocycles. The second-order valence-electron chi connectivity index (χ2n) is 4.48. The Bertz CT molecular complexity index is 863. The van der Waals surface area contributed by atoms with E-state index in [1.807, 2.05) is 23.6 Å². The number of nitrogens with one attached hydrogen (secondary N) is 1. The van der Waals surface area contributed by atoms with Gasteiger partial charge in [-0.2, -0.15) is 5.10 Å². The lowest BCUT2D eigenvalue weighted by atomic mass is 10.2. The molecule has 6 nitrogen and oxygen atoms in total. The maximum absolute atomic E-state index is 11.9. The molecule has 0 fully saturated rings. The fourth-order valence-corrected chi connectivity index (χ4v) is 2.62. The van der Waals surface area contributed by atoms with Crippen LogP contribution in [-0.4, -0.2) is 14.8 Å². The van der Waals surface area contributed by atoms with Gasteiger partial charge in [0.1, 0.15) is 0 Å². The number of nitrogens with two attached hydrogens (primary N) is 1. The molecule has 3 rings (SSSR count). The van der Waals surface area contributed by atoms with Crippen molar-refractivity contribution in [3.05, 3.63) is 68.2 Å². The first-order valence-corrected chi connectivity index (χ1v) is 7.11. The fraction of sp³-hybridized carbons (Fsp3) is 0.0714. The third-order valence-electron chi connectivity index (χ3n) is 2.96. The van der Waals surface area contributed by atoms with Gasteiger partial charge in [-0.25, -0.2) is 9.48 Å². The molecule has 0 atom stereocenters. The van der Waals surface area contributed by atoms with Gasteiger partial charge in [-0.15, -0.1) is 11.3 Å². The summed E-state index contributed by atoms with van der Waals surface area (Å²) in [4.78, 5) is 26.7. The first-order chi connectivity index (χ1) is 10.1. The van der Waals surface area contributed by atoms with Crippen molar-refractivity contribution in [2.45, 2.75) is 6.54 Å². The maximum Gasteiger partial charge on any atom is 0.345 e. The number of aromatic amines is 1. The van der Waals surface area contributed by atoms with Gasteiger partial charge in [-0.05, 0) is 29.1 Å². The Balaban J connectivity index is 2.03. The second-order valence-corrected chi connectivity index (χ2v) is 5.43. The summed E-state index contributed by atoms with van der Waals surface area (Å²) in [5, 5.41) is 6.02. The Morgan fingerprint density at radius 1 is 1.19 bits per heavy atom. The molecule has 0 bridgehead atoms. The molecule has 0 amide bonds. The van der Waals surface area contributed by atoms with Crippen molar-refractivity contribution in [3.63, 3.8) is 0 Å². The summed E-state index contributed by atoms with van der Waals surface area (Å²) in [6, 6.07) is 10.8. The number of anilines is 1. The monoisotopic (exact) mass is 300 g/mol. The van der Waals surface area contributed by atoms with Crippen LogP contribution in [0.3, 0.4) is 0 Å². The molecular weight excluding hydrogens is 288 g/mol. The minimum Gasteiger partial charge on any atom is -0.399 e. The van der Waals surface area contributed by atoms with Gasteiger partial charge in [-0.3, -0.25) is 9.78 Å². The molecular formula is C14H12N4O2S. The summed E-state index contributed by atoms with van der Waals surface area (Å²) in [5.74, 6) is 0. The molecule has 1 aromatic carbocycles. The number of hydrogen-bond acceptors (Lipinski definition) is 5. The van der Waals surface area contributed by atoms with Crippen LogP contribution in [0.5, 0.6) is 0 Å². The molecule has 2 heterocycles. The SMILES string of the molecule is Nc1ccc(Cn2nc(-c3cccs3)c(=O)[nH]c2=O)cc1. The quantitative estimate of drug-likeness (QED) is 0.713. The van der Waals surface area contributed by atoms with E-state index in [-0.39, 0.29) is 12.2 Å². The third kappa shape index (κ3) is 2.77. The normalized spacial score (nSPS) is 10.7. The van der Waals surface area contributed by atoms with Gasteiger partial charge in [0.2, 0.25) is 0 Å². The van der Waals surface area contributed by atoms with Crippen molar-refractivity contribution < 1.29 is 0 Å². The Hall–Kier alpha value is -2.67. The molecule has 3 N–H and O–H groups in total. The summed E-state index contributed by atoms with van der Waals surface area (Å²) in [5.41, 5.74) is 6.40. The highest BCUT2D eigenvalue weighted by atomic mass is 32.1. The van der Waals surface area contributed by atoms with Gasteiger partial charge in [0.05, 0.1) is 11.4 Å². The van der Waals surface area contributed by atoms with Crippen molar-refractivity contribution >= 4 is 17.0 Å². The fourth-order valence-electron chi connectivity index (χ4n) is 1.91. The summed E-state index contributed by atoms with van der Waals surface area (Å²) in [6.45, 7) is 0.272. The summed E-state index contributed by atoms with van der Waals surface area (Å²) in [6.07, 6.45) is 0. The zero-order chi connectivity index (χ0) is 14.8. The molecule has 0 aliphatic carbocycles. The van der Waals surface area contributed by atoms with Crippen LogP contribution in [0, 0.1) is 0 Å². The second kappa shape index (κ2) is 5.37. The van der Waals surface area contributed by atoms with Gasteiger partial charge in [0, 0.05) is 5.69 Å². The molecule has 21 heavy (non-hydrogen) atoms. The van der Waals surface area contributed by atoms with Crippen LogP contribution in [0.1, 0.15) is 5.56 Å². The maximum atomic E-state index is 11.9. The molecule has 0 radical (unpaired) electrons. The number of rotatable bonds is 3. The molecule has 0 saturated carbocycles. The van der Waals surface area contributed by atoms with E-state index >= 15 is 0 Å². The Labute approximate surface area is 123 Å². The minimum atomic E-state index is -0.530. The van der Waals surface area contributed by atoms with Crippen LogP contribution in [0.15, 0.2) is 51.4 Å². The van der Waals surface area contributed by atoms with E-state index in [0.717, 1.165) is 10.4 Å². The number of thiophene rings is 1. The van der Waals surface area contributed by atoms with Crippen LogP contribution in [0.2, 0.25) is 0 Å². The van der Waals surface area contributed by atoms with E-state index in [2.05, 4.69) is 10.1 Å². The van der Waals surface area contributed by atoms with Crippen molar-refractivity contribution in [1.82, 2.24) is 14.8 Å². The van der Waals surface area contributed by atoms with Crippen LogP contribution < -0.4 is 17.0 Å². The Morgan fingerprint density at radius 3 is 2.62 bits per heavy atom. The van der Waals surface area contributed by atoms with Crippen LogP contribution in [0.4, 0.5) is 5.69 Å². The van der Waals surface area contributed by atoms with Crippen LogP contribution in [0.25, 0.3) is 10.6 Å². The van der Waals surface area contributed by atoms with Crippen LogP contribution >= 0.6 is 11.3 Å². The summed E-state index contributed by atoms with van der Waals surface area (Å²) < 4.78 is 1.24. The van der Waals surface area contributed by atoms with Crippen molar-refractivity contribution in [2.24, 2.45) is 0 Å². The van der Waals surface area contributed by atoms with E-state index in [1.165, 1.54) is 16.0 Å². The van der Waals surface area contributed by atoms with E-state index in [1.54, 1.807) is 18.2 Å². The molecule has 2 aromatic heterocycles. The summed E-state index contributed by atoms with van der Waals surface area (Å²) >= 11 is 1.40. The predicted molar refractivity (Wildman–Crippen MR) is 82.4 cm³/mol. The van der Waals surface area contributed by atoms with Crippen molar-refractivity contribution in [2.75, 3.05) is 5.73 Å². The number of hydrogen-bond donors (Lipinski definition) is 2. The number of H-pyrrole nitrogens is 1. The highest BCUT2D eigenvalue weighted by Crippen LogP contribution is 2.18. The predicted octanol–water partition coefficient (Wildman–Crippen LogP) is 1.29.